The topological polar surface area (TPSA) is 62.2 Å². The van der Waals surface area contributed by atoms with Crippen molar-refractivity contribution in [3.63, 3.8) is 0 Å². The Balaban J connectivity index is 1.51. The van der Waals surface area contributed by atoms with Crippen molar-refractivity contribution in [1.29, 1.82) is 0 Å². The number of pyridine rings is 1. The van der Waals surface area contributed by atoms with Crippen LogP contribution in [-0.4, -0.2) is 28.3 Å². The fraction of sp³-hybridized carbons (Fsp3) is 0.310. The predicted octanol–water partition coefficient (Wildman–Crippen LogP) is 5.65. The number of allylic oxidation sites excluding steroid dienone is 1. The molecule has 0 aliphatic heterocycles. The smallest absolute Gasteiger partial charge is 0.255 e. The third-order valence-electron chi connectivity index (χ3n) is 7.57. The lowest BCUT2D eigenvalue weighted by Crippen LogP contribution is -2.50. The molecule has 0 bridgehead atoms. The van der Waals surface area contributed by atoms with Crippen LogP contribution in [0, 0.1) is 12.8 Å². The highest BCUT2D eigenvalue weighted by Gasteiger charge is 2.50. The number of aliphatic hydroxyl groups is 1. The number of anilines is 1. The van der Waals surface area contributed by atoms with Gasteiger partial charge in [-0.05, 0) is 79.5 Å². The van der Waals surface area contributed by atoms with Crippen LogP contribution in [0.3, 0.4) is 0 Å². The van der Waals surface area contributed by atoms with Crippen LogP contribution in [0.15, 0.2) is 72.9 Å². The highest BCUT2D eigenvalue weighted by atomic mass is 19.1. The zero-order valence-electron chi connectivity index (χ0n) is 19.3. The Kier molecular flexibility index (Phi) is 5.82. The summed E-state index contributed by atoms with van der Waals surface area (Å²) in [4.78, 5) is 17.2. The van der Waals surface area contributed by atoms with E-state index in [2.05, 4.69) is 34.6 Å². The second kappa shape index (κ2) is 8.80. The summed E-state index contributed by atoms with van der Waals surface area (Å²) >= 11 is 0. The Labute approximate surface area is 199 Å². The minimum Gasteiger partial charge on any atom is -0.387 e. The summed E-state index contributed by atoms with van der Waals surface area (Å²) in [6, 6.07) is 19.8. The molecule has 2 aliphatic carbocycles. The Bertz CT molecular complexity index is 1240. The molecule has 1 fully saturated rings. The van der Waals surface area contributed by atoms with Gasteiger partial charge in [0.1, 0.15) is 6.67 Å². The van der Waals surface area contributed by atoms with Gasteiger partial charge in [0.25, 0.3) is 5.91 Å². The third kappa shape index (κ3) is 4.05. The van der Waals surface area contributed by atoms with E-state index in [1.54, 1.807) is 12.3 Å². The number of rotatable bonds is 5. The van der Waals surface area contributed by atoms with Gasteiger partial charge in [-0.15, -0.1) is 0 Å². The molecule has 2 N–H and O–H groups in total. The van der Waals surface area contributed by atoms with Gasteiger partial charge in [0.2, 0.25) is 0 Å². The van der Waals surface area contributed by atoms with E-state index >= 15 is 0 Å². The molecular weight excluding hydrogens is 427 g/mol. The van der Waals surface area contributed by atoms with Crippen LogP contribution in [0.1, 0.15) is 52.0 Å². The number of alkyl halides is 1. The van der Waals surface area contributed by atoms with Gasteiger partial charge in [-0.2, -0.15) is 0 Å². The van der Waals surface area contributed by atoms with Gasteiger partial charge in [-0.3, -0.25) is 9.78 Å². The molecule has 5 rings (SSSR count). The normalized spacial score (nSPS) is 25.3. The minimum atomic E-state index is -1.27. The third-order valence-corrected chi connectivity index (χ3v) is 7.57. The molecule has 3 aromatic rings. The van der Waals surface area contributed by atoms with Crippen molar-refractivity contribution in [2.75, 3.05) is 12.0 Å². The van der Waals surface area contributed by atoms with Crippen LogP contribution in [0.4, 0.5) is 10.1 Å². The molecule has 4 nitrogen and oxygen atoms in total. The Morgan fingerprint density at radius 1 is 1.15 bits per heavy atom. The molecule has 2 aliphatic rings. The molecule has 34 heavy (non-hydrogen) atoms. The van der Waals surface area contributed by atoms with E-state index in [4.69, 9.17) is 0 Å². The van der Waals surface area contributed by atoms with Crippen molar-refractivity contribution in [1.82, 2.24) is 4.98 Å². The molecule has 5 heteroatoms. The van der Waals surface area contributed by atoms with Crippen molar-refractivity contribution in [2.24, 2.45) is 5.92 Å². The van der Waals surface area contributed by atoms with E-state index in [1.807, 2.05) is 49.4 Å². The van der Waals surface area contributed by atoms with E-state index in [9.17, 15) is 14.3 Å². The quantitative estimate of drug-likeness (QED) is 0.522. The van der Waals surface area contributed by atoms with Crippen LogP contribution in [0.25, 0.3) is 6.08 Å². The first kappa shape index (κ1) is 22.5. The van der Waals surface area contributed by atoms with Crippen molar-refractivity contribution in [3.8, 4) is 0 Å². The lowest BCUT2D eigenvalue weighted by Gasteiger charge is -2.51. The molecule has 2 aromatic carbocycles. The first-order valence-corrected chi connectivity index (χ1v) is 11.8. The highest BCUT2D eigenvalue weighted by Crippen LogP contribution is 2.53. The number of carbonyl (C=O) groups excluding carboxylic acids is 1. The number of nitrogens with one attached hydrogen (secondary N) is 1. The highest BCUT2D eigenvalue weighted by molar-refractivity contribution is 6.05. The number of nitrogens with zero attached hydrogens (tertiary/aromatic N) is 1. The van der Waals surface area contributed by atoms with Gasteiger partial charge in [0, 0.05) is 17.2 Å². The minimum absolute atomic E-state index is 0.0208. The first-order valence-electron chi connectivity index (χ1n) is 11.8. The summed E-state index contributed by atoms with van der Waals surface area (Å²) in [7, 11) is 0. The zero-order chi connectivity index (χ0) is 23.8. The summed E-state index contributed by atoms with van der Waals surface area (Å²) in [6.45, 7) is 1.14. The van der Waals surface area contributed by atoms with Crippen LogP contribution < -0.4 is 5.32 Å². The summed E-state index contributed by atoms with van der Waals surface area (Å²) in [5, 5.41) is 13.7. The standard InChI is InChI=1S/C29H29FN2O2/c1-20-26(8-5-15-31-20)32-27(33)23-10-12-25-22(16-23)9-11-24-18-28(34,19-30)13-14-29(24,25)17-21-6-3-2-4-7-21/h2-12,15-16,24,34H,13-14,17-19H2,1H3,(H,32,33)/t24-,28-,29+/m1/s1. The van der Waals surface area contributed by atoms with Gasteiger partial charge in [-0.1, -0.05) is 48.6 Å². The Hall–Kier alpha value is -3.31. The van der Waals surface area contributed by atoms with E-state index in [0.717, 1.165) is 17.7 Å². The predicted molar refractivity (Wildman–Crippen MR) is 132 cm³/mol. The van der Waals surface area contributed by atoms with Gasteiger partial charge >= 0.3 is 0 Å². The summed E-state index contributed by atoms with van der Waals surface area (Å²) in [5.41, 5.74) is 3.91. The molecular formula is C29H29FN2O2. The van der Waals surface area contributed by atoms with Gasteiger partial charge in [0.15, 0.2) is 0 Å². The fourth-order valence-electron chi connectivity index (χ4n) is 5.66. The van der Waals surface area contributed by atoms with Crippen LogP contribution in [0.5, 0.6) is 0 Å². The molecule has 3 atom stereocenters. The average Bonchev–Trinajstić information content (AvgIpc) is 2.86. The number of benzene rings is 2. The van der Waals surface area contributed by atoms with Crippen LogP contribution in [0.2, 0.25) is 0 Å². The Morgan fingerprint density at radius 3 is 2.74 bits per heavy atom. The van der Waals surface area contributed by atoms with E-state index in [-0.39, 0.29) is 17.2 Å². The first-order chi connectivity index (χ1) is 16.4. The number of aromatic nitrogens is 1. The number of hydrogen-bond donors (Lipinski definition) is 2. The largest absolute Gasteiger partial charge is 0.387 e. The molecule has 0 unspecified atom stereocenters. The second-order valence-corrected chi connectivity index (χ2v) is 9.74. The molecule has 1 amide bonds. The lowest BCUT2D eigenvalue weighted by atomic mass is 9.54. The number of amides is 1. The van der Waals surface area contributed by atoms with Crippen LogP contribution in [-0.2, 0) is 11.8 Å². The average molecular weight is 457 g/mol. The molecule has 174 valence electrons. The molecule has 0 saturated heterocycles. The summed E-state index contributed by atoms with van der Waals surface area (Å²) < 4.78 is 13.7. The number of carbonyl (C=O) groups is 1. The molecule has 0 radical (unpaired) electrons. The Morgan fingerprint density at radius 2 is 1.97 bits per heavy atom. The fourth-order valence-corrected chi connectivity index (χ4v) is 5.66. The van der Waals surface area contributed by atoms with Crippen LogP contribution >= 0.6 is 0 Å². The summed E-state index contributed by atoms with van der Waals surface area (Å²) in [6.07, 6.45) is 8.14. The molecule has 0 spiro atoms. The SMILES string of the molecule is Cc1ncccc1NC(=O)c1ccc2c(c1)C=C[C@@H]1C[C@@](O)(CF)CC[C@@]21Cc1ccccc1. The monoisotopic (exact) mass is 456 g/mol. The maximum atomic E-state index is 13.7. The van der Waals surface area contributed by atoms with E-state index in [0.29, 0.717) is 30.5 Å². The summed E-state index contributed by atoms with van der Waals surface area (Å²) in [5.74, 6) is -0.158. The van der Waals surface area contributed by atoms with Gasteiger partial charge in [-0.25, -0.2) is 4.39 Å². The molecule has 1 saturated carbocycles. The van der Waals surface area contributed by atoms with Crippen molar-refractivity contribution >= 4 is 17.7 Å². The number of halogens is 1. The second-order valence-electron chi connectivity index (χ2n) is 9.74. The van der Waals surface area contributed by atoms with Crippen molar-refractivity contribution in [2.45, 2.75) is 43.6 Å². The maximum absolute atomic E-state index is 13.7. The molecule has 1 aromatic heterocycles. The number of fused-ring (bicyclic) bond motifs is 3. The van der Waals surface area contributed by atoms with Crippen molar-refractivity contribution in [3.05, 3.63) is 101 Å². The van der Waals surface area contributed by atoms with Gasteiger partial charge in [0.05, 0.1) is 17.0 Å². The number of aryl methyl sites for hydroxylation is 1. The van der Waals surface area contributed by atoms with Gasteiger partial charge < -0.3 is 10.4 Å². The van der Waals surface area contributed by atoms with E-state index in [1.165, 1.54) is 11.1 Å². The molecule has 1 heterocycles. The van der Waals surface area contributed by atoms with Crippen molar-refractivity contribution < 1.29 is 14.3 Å². The zero-order valence-corrected chi connectivity index (χ0v) is 19.3. The van der Waals surface area contributed by atoms with E-state index < -0.39 is 12.3 Å². The number of hydrogen-bond acceptors (Lipinski definition) is 3. The maximum Gasteiger partial charge on any atom is 0.255 e. The lowest BCUT2D eigenvalue weighted by molar-refractivity contribution is -0.0513.